The molecule has 0 aliphatic carbocycles. The van der Waals surface area contributed by atoms with Crippen molar-refractivity contribution in [3.05, 3.63) is 95.6 Å². The van der Waals surface area contributed by atoms with Crippen molar-refractivity contribution in [2.45, 2.75) is 13.8 Å². The zero-order valence-electron chi connectivity index (χ0n) is 16.1. The summed E-state index contributed by atoms with van der Waals surface area (Å²) in [6.45, 7) is 3.89. The number of anilines is 1. The average Bonchev–Trinajstić information content (AvgIpc) is 3.17. The van der Waals surface area contributed by atoms with Crippen LogP contribution in [0.25, 0.3) is 17.1 Å². The normalized spacial score (nSPS) is 10.7. The van der Waals surface area contributed by atoms with Gasteiger partial charge in [0.15, 0.2) is 5.82 Å². The Bertz CT molecular complexity index is 1170. The van der Waals surface area contributed by atoms with Crippen molar-refractivity contribution in [1.29, 1.82) is 0 Å². The molecule has 0 atom stereocenters. The van der Waals surface area contributed by atoms with Gasteiger partial charge in [-0.2, -0.15) is 0 Å². The maximum Gasteiger partial charge on any atom is 0.295 e. The summed E-state index contributed by atoms with van der Waals surface area (Å²) < 4.78 is 14.9. The minimum Gasteiger partial charge on any atom is -0.319 e. The molecule has 3 aromatic carbocycles. The summed E-state index contributed by atoms with van der Waals surface area (Å²) in [6.07, 6.45) is 0. The number of hydrogen-bond acceptors (Lipinski definition) is 3. The highest BCUT2D eigenvalue weighted by Gasteiger charge is 2.19. The van der Waals surface area contributed by atoms with E-state index in [4.69, 9.17) is 0 Å². The van der Waals surface area contributed by atoms with Crippen LogP contribution in [0.3, 0.4) is 0 Å². The molecule has 0 aliphatic heterocycles. The molecular weight excluding hydrogens is 367 g/mol. The lowest BCUT2D eigenvalue weighted by atomic mass is 10.1. The highest BCUT2D eigenvalue weighted by atomic mass is 19.1. The fourth-order valence-electron chi connectivity index (χ4n) is 2.99. The van der Waals surface area contributed by atoms with Crippen LogP contribution in [-0.4, -0.2) is 20.7 Å². The van der Waals surface area contributed by atoms with Gasteiger partial charge in [-0.25, -0.2) is 14.1 Å². The van der Waals surface area contributed by atoms with Crippen LogP contribution < -0.4 is 5.32 Å². The SMILES string of the molecule is Cc1ccc(C)c(NC(=O)c2nc(-c3ccccc3)n(-c3ccc(F)cc3)n2)c1. The first-order chi connectivity index (χ1) is 14.0. The monoisotopic (exact) mass is 386 g/mol. The molecule has 0 saturated heterocycles. The van der Waals surface area contributed by atoms with Gasteiger partial charge in [-0.05, 0) is 55.3 Å². The standard InChI is InChI=1S/C23H19FN4O/c1-15-8-9-16(2)20(14-15)25-23(29)21-26-22(17-6-4-3-5-7-17)28(27-21)19-12-10-18(24)11-13-19/h3-14H,1-2H3,(H,25,29). The van der Waals surface area contributed by atoms with E-state index in [-0.39, 0.29) is 11.6 Å². The Hall–Kier alpha value is -3.80. The van der Waals surface area contributed by atoms with Crippen molar-refractivity contribution in [1.82, 2.24) is 14.8 Å². The van der Waals surface area contributed by atoms with E-state index in [0.29, 0.717) is 11.5 Å². The van der Waals surface area contributed by atoms with Crippen molar-refractivity contribution in [2.75, 3.05) is 5.32 Å². The third-order valence-electron chi connectivity index (χ3n) is 4.55. The molecule has 0 saturated carbocycles. The van der Waals surface area contributed by atoms with E-state index in [1.54, 1.807) is 16.8 Å². The van der Waals surface area contributed by atoms with E-state index in [9.17, 15) is 9.18 Å². The number of aryl methyl sites for hydroxylation is 2. The van der Waals surface area contributed by atoms with E-state index in [1.165, 1.54) is 12.1 Å². The molecular formula is C23H19FN4O. The van der Waals surface area contributed by atoms with Crippen LogP contribution in [0.5, 0.6) is 0 Å². The first-order valence-electron chi connectivity index (χ1n) is 9.18. The van der Waals surface area contributed by atoms with Crippen molar-refractivity contribution < 1.29 is 9.18 Å². The number of amides is 1. The van der Waals surface area contributed by atoms with Gasteiger partial charge >= 0.3 is 0 Å². The van der Waals surface area contributed by atoms with Gasteiger partial charge < -0.3 is 5.32 Å². The predicted octanol–water partition coefficient (Wildman–Crippen LogP) is 4.94. The molecule has 0 unspecified atom stereocenters. The average molecular weight is 386 g/mol. The first kappa shape index (κ1) is 18.6. The van der Waals surface area contributed by atoms with Crippen LogP contribution >= 0.6 is 0 Å². The number of carbonyl (C=O) groups is 1. The van der Waals surface area contributed by atoms with Gasteiger partial charge in [0.1, 0.15) is 5.82 Å². The molecule has 0 aliphatic rings. The second kappa shape index (κ2) is 7.67. The zero-order chi connectivity index (χ0) is 20.4. The second-order valence-corrected chi connectivity index (χ2v) is 6.79. The Morgan fingerprint density at radius 3 is 2.41 bits per heavy atom. The maximum atomic E-state index is 13.4. The predicted molar refractivity (Wildman–Crippen MR) is 111 cm³/mol. The topological polar surface area (TPSA) is 59.8 Å². The highest BCUT2D eigenvalue weighted by Crippen LogP contribution is 2.22. The third-order valence-corrected chi connectivity index (χ3v) is 4.55. The van der Waals surface area contributed by atoms with Crippen LogP contribution in [0.2, 0.25) is 0 Å². The molecule has 29 heavy (non-hydrogen) atoms. The van der Waals surface area contributed by atoms with E-state index < -0.39 is 5.91 Å². The summed E-state index contributed by atoms with van der Waals surface area (Å²) in [5.41, 5.74) is 4.12. The number of hydrogen-bond donors (Lipinski definition) is 1. The molecule has 5 nitrogen and oxygen atoms in total. The van der Waals surface area contributed by atoms with Gasteiger partial charge in [-0.1, -0.05) is 42.5 Å². The van der Waals surface area contributed by atoms with E-state index in [2.05, 4.69) is 15.4 Å². The summed E-state index contributed by atoms with van der Waals surface area (Å²) in [7, 11) is 0. The van der Waals surface area contributed by atoms with Crippen LogP contribution in [0.15, 0.2) is 72.8 Å². The molecule has 1 N–H and O–H groups in total. The lowest BCUT2D eigenvalue weighted by molar-refractivity contribution is 0.101. The fourth-order valence-corrected chi connectivity index (χ4v) is 2.99. The number of nitrogens with zero attached hydrogens (tertiary/aromatic N) is 3. The summed E-state index contributed by atoms with van der Waals surface area (Å²) in [5.74, 6) is -0.211. The van der Waals surface area contributed by atoms with Crippen LogP contribution in [0.4, 0.5) is 10.1 Å². The van der Waals surface area contributed by atoms with Crippen LogP contribution in [0.1, 0.15) is 21.7 Å². The zero-order valence-corrected chi connectivity index (χ0v) is 16.1. The highest BCUT2D eigenvalue weighted by molar-refractivity contribution is 6.02. The van der Waals surface area contributed by atoms with Crippen LogP contribution in [0, 0.1) is 19.7 Å². The Morgan fingerprint density at radius 1 is 0.966 bits per heavy atom. The fraction of sp³-hybridized carbons (Fsp3) is 0.0870. The minimum atomic E-state index is -0.406. The van der Waals surface area contributed by atoms with Gasteiger partial charge in [0.05, 0.1) is 5.69 Å². The van der Waals surface area contributed by atoms with Gasteiger partial charge in [0, 0.05) is 11.3 Å². The lowest BCUT2D eigenvalue weighted by Gasteiger charge is -2.07. The summed E-state index contributed by atoms with van der Waals surface area (Å²) in [5, 5.41) is 7.29. The summed E-state index contributed by atoms with van der Waals surface area (Å²) in [4.78, 5) is 17.3. The molecule has 1 aromatic heterocycles. The number of halogens is 1. The first-order valence-corrected chi connectivity index (χ1v) is 9.18. The molecule has 6 heteroatoms. The van der Waals surface area contributed by atoms with Gasteiger partial charge in [0.25, 0.3) is 5.91 Å². The maximum absolute atomic E-state index is 13.4. The smallest absolute Gasteiger partial charge is 0.295 e. The van der Waals surface area contributed by atoms with Crippen molar-refractivity contribution in [2.24, 2.45) is 0 Å². The number of rotatable bonds is 4. The molecule has 0 radical (unpaired) electrons. The molecule has 0 spiro atoms. The number of benzene rings is 3. The lowest BCUT2D eigenvalue weighted by Crippen LogP contribution is -2.15. The molecule has 4 aromatic rings. The molecule has 1 heterocycles. The van der Waals surface area contributed by atoms with Crippen molar-refractivity contribution in [3.8, 4) is 17.1 Å². The Labute approximate surface area is 167 Å². The molecule has 144 valence electrons. The van der Waals surface area contributed by atoms with Crippen molar-refractivity contribution >= 4 is 11.6 Å². The third kappa shape index (κ3) is 3.91. The summed E-state index contributed by atoms with van der Waals surface area (Å²) in [6, 6.07) is 21.2. The largest absolute Gasteiger partial charge is 0.319 e. The molecule has 1 amide bonds. The summed E-state index contributed by atoms with van der Waals surface area (Å²) >= 11 is 0. The van der Waals surface area contributed by atoms with Gasteiger partial charge in [-0.3, -0.25) is 4.79 Å². The van der Waals surface area contributed by atoms with E-state index in [1.807, 2.05) is 62.4 Å². The Morgan fingerprint density at radius 2 is 1.69 bits per heavy atom. The quantitative estimate of drug-likeness (QED) is 0.540. The minimum absolute atomic E-state index is 0.0362. The van der Waals surface area contributed by atoms with E-state index >= 15 is 0 Å². The molecule has 0 fully saturated rings. The van der Waals surface area contributed by atoms with E-state index in [0.717, 1.165) is 22.4 Å². The molecule has 4 rings (SSSR count). The van der Waals surface area contributed by atoms with Crippen LogP contribution in [-0.2, 0) is 0 Å². The second-order valence-electron chi connectivity index (χ2n) is 6.79. The number of aromatic nitrogens is 3. The Kier molecular flexibility index (Phi) is 4.91. The molecule has 0 bridgehead atoms. The number of nitrogens with one attached hydrogen (secondary N) is 1. The van der Waals surface area contributed by atoms with Crippen molar-refractivity contribution in [3.63, 3.8) is 0 Å². The Balaban J connectivity index is 1.75. The number of carbonyl (C=O) groups excluding carboxylic acids is 1. The van der Waals surface area contributed by atoms with Gasteiger partial charge in [0.2, 0.25) is 5.82 Å². The van der Waals surface area contributed by atoms with Gasteiger partial charge in [-0.15, -0.1) is 5.10 Å².